The number of sulfonamides is 1. The van der Waals surface area contributed by atoms with E-state index >= 15 is 0 Å². The van der Waals surface area contributed by atoms with Crippen LogP contribution in [-0.2, 0) is 16.6 Å². The van der Waals surface area contributed by atoms with Gasteiger partial charge in [-0.2, -0.15) is 4.31 Å². The monoisotopic (exact) mass is 471 g/mol. The molecule has 1 N–H and O–H groups in total. The fourth-order valence-corrected chi connectivity index (χ4v) is 6.26. The molecule has 0 saturated carbocycles. The van der Waals surface area contributed by atoms with Gasteiger partial charge in [0.25, 0.3) is 5.91 Å². The zero-order valence-electron chi connectivity index (χ0n) is 19.4. The Labute approximate surface area is 196 Å². The number of hydrogen-bond donors (Lipinski definition) is 1. The van der Waals surface area contributed by atoms with Crippen molar-refractivity contribution < 1.29 is 13.2 Å². The van der Waals surface area contributed by atoms with E-state index in [2.05, 4.69) is 27.1 Å². The molecule has 33 heavy (non-hydrogen) atoms. The maximum absolute atomic E-state index is 13.2. The Bertz CT molecular complexity index is 1080. The van der Waals surface area contributed by atoms with Gasteiger partial charge in [0.2, 0.25) is 10.0 Å². The van der Waals surface area contributed by atoms with E-state index in [1.807, 2.05) is 19.1 Å². The van der Waals surface area contributed by atoms with E-state index in [9.17, 15) is 13.2 Å². The summed E-state index contributed by atoms with van der Waals surface area (Å²) in [6.07, 6.45) is 4.54. The van der Waals surface area contributed by atoms with Crippen molar-refractivity contribution in [2.45, 2.75) is 43.7 Å². The number of carbonyl (C=O) groups is 1. The maximum atomic E-state index is 13.2. The number of nitrogens with zero attached hydrogens (tertiary/aromatic N) is 4. The van der Waals surface area contributed by atoms with Gasteiger partial charge < -0.3 is 15.1 Å². The molecule has 1 aromatic carbocycles. The summed E-state index contributed by atoms with van der Waals surface area (Å²) in [7, 11) is -1.52. The highest BCUT2D eigenvalue weighted by Gasteiger charge is 2.31. The van der Waals surface area contributed by atoms with Gasteiger partial charge in [-0.05, 0) is 51.1 Å². The molecule has 4 rings (SSSR count). The first-order valence-electron chi connectivity index (χ1n) is 11.6. The number of piperidine rings is 1. The molecular weight excluding hydrogens is 438 g/mol. The lowest BCUT2D eigenvalue weighted by Crippen LogP contribution is -2.45. The molecule has 3 heterocycles. The lowest BCUT2D eigenvalue weighted by atomic mass is 10.1. The smallest absolute Gasteiger partial charge is 0.251 e. The number of piperazine rings is 1. The Morgan fingerprint density at radius 1 is 1.09 bits per heavy atom. The van der Waals surface area contributed by atoms with E-state index in [0.29, 0.717) is 18.7 Å². The summed E-state index contributed by atoms with van der Waals surface area (Å²) < 4.78 is 27.9. The van der Waals surface area contributed by atoms with Gasteiger partial charge >= 0.3 is 0 Å². The van der Waals surface area contributed by atoms with Crippen molar-refractivity contribution in [3.05, 3.63) is 53.7 Å². The van der Waals surface area contributed by atoms with Gasteiger partial charge in [0.05, 0.1) is 4.90 Å². The van der Waals surface area contributed by atoms with Crippen LogP contribution in [0.4, 0.5) is 5.82 Å². The second-order valence-electron chi connectivity index (χ2n) is 8.95. The van der Waals surface area contributed by atoms with Gasteiger partial charge in [-0.3, -0.25) is 4.79 Å². The average Bonchev–Trinajstić information content (AvgIpc) is 2.83. The molecule has 2 aliphatic heterocycles. The van der Waals surface area contributed by atoms with Crippen molar-refractivity contribution in [2.24, 2.45) is 0 Å². The van der Waals surface area contributed by atoms with Crippen molar-refractivity contribution in [1.29, 1.82) is 0 Å². The fourth-order valence-electron chi connectivity index (χ4n) is 4.51. The number of nitrogens with one attached hydrogen (secondary N) is 1. The Morgan fingerprint density at radius 2 is 1.88 bits per heavy atom. The number of benzene rings is 1. The molecule has 1 atom stereocenters. The summed E-state index contributed by atoms with van der Waals surface area (Å²) in [4.78, 5) is 22.2. The van der Waals surface area contributed by atoms with Crippen LogP contribution in [-0.4, -0.2) is 74.3 Å². The third kappa shape index (κ3) is 5.37. The minimum Gasteiger partial charge on any atom is -0.354 e. The first-order valence-corrected chi connectivity index (χ1v) is 13.1. The number of carbonyl (C=O) groups excluding carboxylic acids is 1. The Balaban J connectivity index is 1.46. The zero-order valence-corrected chi connectivity index (χ0v) is 20.2. The molecule has 0 spiro atoms. The largest absolute Gasteiger partial charge is 0.354 e. The molecule has 0 bridgehead atoms. The van der Waals surface area contributed by atoms with E-state index in [0.717, 1.165) is 56.8 Å². The van der Waals surface area contributed by atoms with Crippen LogP contribution in [0.1, 0.15) is 42.1 Å². The number of likely N-dealkylation sites (N-methyl/N-ethyl adjacent to an activating group) is 1. The van der Waals surface area contributed by atoms with Crippen LogP contribution in [0.3, 0.4) is 0 Å². The molecule has 2 aliphatic rings. The van der Waals surface area contributed by atoms with E-state index in [1.165, 1.54) is 6.07 Å². The van der Waals surface area contributed by atoms with Gasteiger partial charge in [-0.25, -0.2) is 13.4 Å². The Hall–Kier alpha value is -2.49. The van der Waals surface area contributed by atoms with Crippen LogP contribution >= 0.6 is 0 Å². The minimum atomic E-state index is -3.63. The second-order valence-corrected chi connectivity index (χ2v) is 10.8. The highest BCUT2D eigenvalue weighted by molar-refractivity contribution is 7.89. The van der Waals surface area contributed by atoms with Crippen LogP contribution in [0.2, 0.25) is 0 Å². The van der Waals surface area contributed by atoms with Crippen LogP contribution < -0.4 is 10.2 Å². The van der Waals surface area contributed by atoms with Crippen molar-refractivity contribution in [2.75, 3.05) is 44.7 Å². The molecule has 1 amide bonds. The number of pyridine rings is 1. The van der Waals surface area contributed by atoms with Gasteiger partial charge in [0.15, 0.2) is 0 Å². The molecule has 9 heteroatoms. The number of aromatic nitrogens is 1. The predicted octanol–water partition coefficient (Wildman–Crippen LogP) is 2.33. The average molecular weight is 472 g/mol. The minimum absolute atomic E-state index is 0.0280. The third-order valence-electron chi connectivity index (χ3n) is 6.55. The SMILES string of the molecule is CC1CCCCN1S(=O)(=O)c1cccc(C(=O)NCc2cccnc2N2CCN(C)CC2)c1. The molecule has 0 radical (unpaired) electrons. The number of anilines is 1. The topological polar surface area (TPSA) is 85.8 Å². The van der Waals surface area contributed by atoms with Crippen LogP contribution in [0.15, 0.2) is 47.5 Å². The molecule has 2 fully saturated rings. The van der Waals surface area contributed by atoms with Gasteiger partial charge in [0, 0.05) is 62.6 Å². The second kappa shape index (κ2) is 10.2. The summed E-state index contributed by atoms with van der Waals surface area (Å²) in [6.45, 7) is 6.52. The molecule has 1 aromatic heterocycles. The first kappa shape index (κ1) is 23.7. The maximum Gasteiger partial charge on any atom is 0.251 e. The quantitative estimate of drug-likeness (QED) is 0.696. The lowest BCUT2D eigenvalue weighted by molar-refractivity contribution is 0.0950. The summed E-state index contributed by atoms with van der Waals surface area (Å²) >= 11 is 0. The predicted molar refractivity (Wildman–Crippen MR) is 129 cm³/mol. The number of amides is 1. The van der Waals surface area contributed by atoms with Gasteiger partial charge in [-0.15, -0.1) is 0 Å². The molecule has 178 valence electrons. The number of rotatable bonds is 6. The van der Waals surface area contributed by atoms with E-state index < -0.39 is 10.0 Å². The van der Waals surface area contributed by atoms with Crippen LogP contribution in [0.25, 0.3) is 0 Å². The summed E-state index contributed by atoms with van der Waals surface area (Å²) in [5.41, 5.74) is 1.28. The molecule has 2 aromatic rings. The van der Waals surface area contributed by atoms with Crippen LogP contribution in [0.5, 0.6) is 0 Å². The van der Waals surface area contributed by atoms with Crippen molar-refractivity contribution in [1.82, 2.24) is 19.5 Å². The van der Waals surface area contributed by atoms with Crippen molar-refractivity contribution in [3.8, 4) is 0 Å². The van der Waals surface area contributed by atoms with Crippen molar-refractivity contribution >= 4 is 21.7 Å². The molecule has 2 saturated heterocycles. The zero-order chi connectivity index (χ0) is 23.4. The number of hydrogen-bond acceptors (Lipinski definition) is 6. The van der Waals surface area contributed by atoms with Crippen molar-refractivity contribution in [3.63, 3.8) is 0 Å². The molecular formula is C24H33N5O3S. The standard InChI is InChI=1S/C24H33N5O3S/c1-19-7-3-4-12-29(19)33(31,32)22-10-5-8-20(17-22)24(30)26-18-21-9-6-11-25-23(21)28-15-13-27(2)14-16-28/h5-6,8-11,17,19H,3-4,7,12-16,18H2,1-2H3,(H,26,30). The fraction of sp³-hybridized carbons (Fsp3) is 0.500. The highest BCUT2D eigenvalue weighted by Crippen LogP contribution is 2.25. The van der Waals surface area contributed by atoms with Gasteiger partial charge in [0.1, 0.15) is 5.82 Å². The molecule has 1 unspecified atom stereocenters. The van der Waals surface area contributed by atoms with E-state index in [-0.39, 0.29) is 16.8 Å². The summed E-state index contributed by atoms with van der Waals surface area (Å²) in [5, 5.41) is 2.95. The Kier molecular flexibility index (Phi) is 7.31. The van der Waals surface area contributed by atoms with Gasteiger partial charge in [-0.1, -0.05) is 18.6 Å². The first-order chi connectivity index (χ1) is 15.9. The normalized spacial score (nSPS) is 20.5. The Morgan fingerprint density at radius 3 is 2.64 bits per heavy atom. The summed E-state index contributed by atoms with van der Waals surface area (Å²) in [5.74, 6) is 0.591. The van der Waals surface area contributed by atoms with E-state index in [4.69, 9.17) is 0 Å². The summed E-state index contributed by atoms with van der Waals surface area (Å²) in [6, 6.07) is 10.2. The lowest BCUT2D eigenvalue weighted by Gasteiger charge is -2.34. The van der Waals surface area contributed by atoms with E-state index in [1.54, 1.807) is 28.7 Å². The highest BCUT2D eigenvalue weighted by atomic mass is 32.2. The van der Waals surface area contributed by atoms with Crippen LogP contribution in [0, 0.1) is 0 Å². The molecule has 8 nitrogen and oxygen atoms in total. The third-order valence-corrected chi connectivity index (χ3v) is 8.56. The molecule has 0 aliphatic carbocycles.